The van der Waals surface area contributed by atoms with E-state index in [1.807, 2.05) is 6.07 Å². The van der Waals surface area contributed by atoms with E-state index >= 15 is 0 Å². The van der Waals surface area contributed by atoms with Crippen molar-refractivity contribution >= 4 is 10.8 Å². The number of pyridine rings is 1. The first-order valence-electron chi connectivity index (χ1n) is 5.90. The average Bonchev–Trinajstić information content (AvgIpc) is 2.85. The molecule has 96 valence electrons. The number of aromatic nitrogens is 1. The highest BCUT2D eigenvalue weighted by Gasteiger charge is 2.22. The first-order valence-corrected chi connectivity index (χ1v) is 5.90. The molecule has 0 saturated carbocycles. The molecule has 18 heavy (non-hydrogen) atoms. The molecule has 0 N–H and O–H groups in total. The van der Waals surface area contributed by atoms with Crippen molar-refractivity contribution in [3.8, 4) is 11.5 Å². The minimum atomic E-state index is 0. The molecule has 3 rings (SSSR count). The molecule has 1 aromatic carbocycles. The minimum Gasteiger partial charge on any atom is -1.00 e. The summed E-state index contributed by atoms with van der Waals surface area (Å²) in [6, 6.07) is 6.28. The molecule has 0 fully saturated rings. The van der Waals surface area contributed by atoms with Crippen LogP contribution in [0.4, 0.5) is 0 Å². The number of halogens is 1. The summed E-state index contributed by atoms with van der Waals surface area (Å²) in [7, 11) is 3.35. The Labute approximate surface area is 113 Å². The molecule has 0 radical (unpaired) electrons. The molecule has 0 spiro atoms. The summed E-state index contributed by atoms with van der Waals surface area (Å²) < 4.78 is 13.0. The summed E-state index contributed by atoms with van der Waals surface area (Å²) in [4.78, 5) is 0. The maximum absolute atomic E-state index is 5.37. The SMILES string of the molecule is COc1cc2cc[n+]3c(c2cc1OC)CCC3.[Cl-]. The van der Waals surface area contributed by atoms with Crippen LogP contribution in [0.2, 0.25) is 0 Å². The Bertz CT molecular complexity index is 584. The largest absolute Gasteiger partial charge is 1.00 e. The van der Waals surface area contributed by atoms with E-state index in [1.54, 1.807) is 14.2 Å². The highest BCUT2D eigenvalue weighted by molar-refractivity contribution is 5.87. The summed E-state index contributed by atoms with van der Waals surface area (Å²) in [5.41, 5.74) is 1.41. The summed E-state index contributed by atoms with van der Waals surface area (Å²) in [6.07, 6.45) is 4.54. The summed E-state index contributed by atoms with van der Waals surface area (Å²) >= 11 is 0. The van der Waals surface area contributed by atoms with E-state index < -0.39 is 0 Å². The maximum Gasteiger partial charge on any atom is 0.189 e. The Kier molecular flexibility index (Phi) is 3.62. The van der Waals surface area contributed by atoms with Crippen LogP contribution in [0.5, 0.6) is 11.5 Å². The van der Waals surface area contributed by atoms with Gasteiger partial charge in [-0.1, -0.05) is 0 Å². The van der Waals surface area contributed by atoms with Crippen LogP contribution in [0.15, 0.2) is 24.4 Å². The van der Waals surface area contributed by atoms with Gasteiger partial charge in [-0.2, -0.15) is 0 Å². The zero-order valence-corrected chi connectivity index (χ0v) is 11.3. The fraction of sp³-hybridized carbons (Fsp3) is 0.357. The minimum absolute atomic E-state index is 0. The summed E-state index contributed by atoms with van der Waals surface area (Å²) in [6.45, 7) is 1.12. The predicted octanol–water partition coefficient (Wildman–Crippen LogP) is -0.905. The van der Waals surface area contributed by atoms with Crippen LogP contribution in [0, 0.1) is 0 Å². The molecule has 2 aromatic rings. The van der Waals surface area contributed by atoms with Crippen LogP contribution in [-0.2, 0) is 13.0 Å². The van der Waals surface area contributed by atoms with Gasteiger partial charge in [0.25, 0.3) is 0 Å². The quantitative estimate of drug-likeness (QED) is 0.657. The van der Waals surface area contributed by atoms with Crippen molar-refractivity contribution in [3.63, 3.8) is 0 Å². The number of hydrogen-bond donors (Lipinski definition) is 0. The number of hydrogen-bond acceptors (Lipinski definition) is 2. The van der Waals surface area contributed by atoms with Crippen LogP contribution >= 0.6 is 0 Å². The Hall–Kier alpha value is -1.48. The second-order valence-electron chi connectivity index (χ2n) is 4.35. The Balaban J connectivity index is 0.00000120. The standard InChI is InChI=1S/C14H16NO2.ClH/c1-16-13-8-10-5-7-15-6-3-4-12(15)11(10)9-14(13)17-2;/h5,7-9H,3-4,6H2,1-2H3;1H/q+1;/p-1. The molecule has 3 nitrogen and oxygen atoms in total. The van der Waals surface area contributed by atoms with E-state index in [0.717, 1.165) is 24.5 Å². The maximum atomic E-state index is 5.37. The number of aryl methyl sites for hydroxylation is 2. The van der Waals surface area contributed by atoms with Gasteiger partial charge in [-0.05, 0) is 17.5 Å². The first kappa shape index (κ1) is 13.0. The van der Waals surface area contributed by atoms with Gasteiger partial charge in [0.05, 0.1) is 19.6 Å². The topological polar surface area (TPSA) is 22.3 Å². The number of rotatable bonds is 2. The van der Waals surface area contributed by atoms with Crippen molar-refractivity contribution in [1.29, 1.82) is 0 Å². The fourth-order valence-electron chi connectivity index (χ4n) is 2.60. The monoisotopic (exact) mass is 265 g/mol. The molecule has 1 aromatic heterocycles. The molecule has 0 amide bonds. The third-order valence-electron chi connectivity index (χ3n) is 3.46. The van der Waals surface area contributed by atoms with Gasteiger partial charge in [-0.3, -0.25) is 0 Å². The smallest absolute Gasteiger partial charge is 0.189 e. The number of nitrogens with zero attached hydrogens (tertiary/aromatic N) is 1. The van der Waals surface area contributed by atoms with Gasteiger partial charge in [0, 0.05) is 18.9 Å². The van der Waals surface area contributed by atoms with Crippen LogP contribution < -0.4 is 26.4 Å². The van der Waals surface area contributed by atoms with E-state index in [0.29, 0.717) is 0 Å². The van der Waals surface area contributed by atoms with Crippen molar-refractivity contribution < 1.29 is 26.4 Å². The molecular formula is C14H16ClNO2. The number of benzene rings is 1. The summed E-state index contributed by atoms with van der Waals surface area (Å²) in [5.74, 6) is 1.60. The second kappa shape index (κ2) is 5.02. The molecule has 1 aliphatic rings. The Morgan fingerprint density at radius 1 is 1.11 bits per heavy atom. The Morgan fingerprint density at radius 3 is 2.56 bits per heavy atom. The fourth-order valence-corrected chi connectivity index (χ4v) is 2.60. The molecule has 0 aliphatic carbocycles. The van der Waals surface area contributed by atoms with Gasteiger partial charge < -0.3 is 21.9 Å². The van der Waals surface area contributed by atoms with Crippen molar-refractivity contribution in [3.05, 3.63) is 30.1 Å². The zero-order chi connectivity index (χ0) is 11.8. The van der Waals surface area contributed by atoms with Gasteiger partial charge >= 0.3 is 0 Å². The van der Waals surface area contributed by atoms with Crippen molar-refractivity contribution in [2.24, 2.45) is 0 Å². The lowest BCUT2D eigenvalue weighted by Gasteiger charge is -2.09. The van der Waals surface area contributed by atoms with E-state index in [-0.39, 0.29) is 12.4 Å². The second-order valence-corrected chi connectivity index (χ2v) is 4.35. The third-order valence-corrected chi connectivity index (χ3v) is 3.46. The molecule has 0 unspecified atom stereocenters. The molecule has 0 bridgehead atoms. The van der Waals surface area contributed by atoms with Crippen molar-refractivity contribution in [1.82, 2.24) is 0 Å². The van der Waals surface area contributed by atoms with Crippen LogP contribution in [0.3, 0.4) is 0 Å². The Morgan fingerprint density at radius 2 is 1.83 bits per heavy atom. The lowest BCUT2D eigenvalue weighted by atomic mass is 10.1. The molecule has 4 heteroatoms. The number of methoxy groups -OCH3 is 2. The zero-order valence-electron chi connectivity index (χ0n) is 10.6. The normalized spacial score (nSPS) is 13.0. The average molecular weight is 266 g/mol. The van der Waals surface area contributed by atoms with Crippen molar-refractivity contribution in [2.75, 3.05) is 14.2 Å². The number of fused-ring (bicyclic) bond motifs is 3. The lowest BCUT2D eigenvalue weighted by Crippen LogP contribution is -3.00. The van der Waals surface area contributed by atoms with Gasteiger partial charge in [0.15, 0.2) is 23.4 Å². The van der Waals surface area contributed by atoms with Crippen LogP contribution in [0.25, 0.3) is 10.8 Å². The van der Waals surface area contributed by atoms with E-state index in [2.05, 4.69) is 22.9 Å². The highest BCUT2D eigenvalue weighted by Crippen LogP contribution is 2.33. The summed E-state index contributed by atoms with van der Waals surface area (Å²) in [5, 5.41) is 2.50. The third kappa shape index (κ3) is 1.89. The molecular weight excluding hydrogens is 250 g/mol. The lowest BCUT2D eigenvalue weighted by molar-refractivity contribution is -0.689. The van der Waals surface area contributed by atoms with E-state index in [4.69, 9.17) is 9.47 Å². The molecule has 0 atom stereocenters. The van der Waals surface area contributed by atoms with Gasteiger partial charge in [0.2, 0.25) is 0 Å². The van der Waals surface area contributed by atoms with Crippen LogP contribution in [-0.4, -0.2) is 14.2 Å². The van der Waals surface area contributed by atoms with Gasteiger partial charge in [-0.25, -0.2) is 4.57 Å². The highest BCUT2D eigenvalue weighted by atomic mass is 35.5. The molecule has 1 aliphatic heterocycles. The number of ether oxygens (including phenoxy) is 2. The van der Waals surface area contributed by atoms with E-state index in [9.17, 15) is 0 Å². The van der Waals surface area contributed by atoms with Gasteiger partial charge in [0.1, 0.15) is 6.54 Å². The molecule has 2 heterocycles. The van der Waals surface area contributed by atoms with E-state index in [1.165, 1.54) is 22.9 Å². The van der Waals surface area contributed by atoms with Crippen molar-refractivity contribution in [2.45, 2.75) is 19.4 Å². The molecule has 0 saturated heterocycles. The first-order chi connectivity index (χ1) is 8.33. The van der Waals surface area contributed by atoms with Gasteiger partial charge in [-0.15, -0.1) is 0 Å². The van der Waals surface area contributed by atoms with Crippen LogP contribution in [0.1, 0.15) is 12.1 Å². The predicted molar refractivity (Wildman–Crippen MR) is 65.6 cm³/mol.